The number of aryl methyl sites for hydroxylation is 1. The number of nitrogens with zero attached hydrogens (tertiary/aromatic N) is 1. The summed E-state index contributed by atoms with van der Waals surface area (Å²) >= 11 is 0. The summed E-state index contributed by atoms with van der Waals surface area (Å²) in [5.41, 5.74) is 1.19. The molecule has 1 N–H and O–H groups in total. The molecule has 1 aromatic carbocycles. The molecule has 0 aliphatic heterocycles. The predicted molar refractivity (Wildman–Crippen MR) is 48.1 cm³/mol. The second-order valence-corrected chi connectivity index (χ2v) is 2.86. The average molecular weight is 159 g/mol. The Morgan fingerprint density at radius 2 is 2.08 bits per heavy atom. The monoisotopic (exact) mass is 159 g/mol. The van der Waals surface area contributed by atoms with Crippen LogP contribution in [-0.2, 0) is 0 Å². The van der Waals surface area contributed by atoms with Gasteiger partial charge in [-0.05, 0) is 24.4 Å². The van der Waals surface area contributed by atoms with Gasteiger partial charge >= 0.3 is 0 Å². The minimum absolute atomic E-state index is 0.104. The molecular formula is C10H9NO. The van der Waals surface area contributed by atoms with Gasteiger partial charge in [-0.15, -0.1) is 0 Å². The number of pyridine rings is 1. The van der Waals surface area contributed by atoms with Gasteiger partial charge in [-0.25, -0.2) is 4.98 Å². The molecule has 2 aromatic rings. The zero-order valence-electron chi connectivity index (χ0n) is 6.78. The van der Waals surface area contributed by atoms with Gasteiger partial charge in [0.15, 0.2) is 0 Å². The zero-order valence-corrected chi connectivity index (χ0v) is 6.78. The van der Waals surface area contributed by atoms with Crippen molar-refractivity contribution >= 4 is 10.8 Å². The lowest BCUT2D eigenvalue weighted by Gasteiger charge is -1.99. The summed E-state index contributed by atoms with van der Waals surface area (Å²) in [6.07, 6.45) is 1.61. The van der Waals surface area contributed by atoms with Crippen molar-refractivity contribution in [1.29, 1.82) is 0 Å². The van der Waals surface area contributed by atoms with Crippen LogP contribution in [0.5, 0.6) is 5.88 Å². The van der Waals surface area contributed by atoms with Crippen LogP contribution >= 0.6 is 0 Å². The van der Waals surface area contributed by atoms with Crippen LogP contribution in [0.25, 0.3) is 10.8 Å². The molecule has 12 heavy (non-hydrogen) atoms. The van der Waals surface area contributed by atoms with E-state index in [1.165, 1.54) is 5.56 Å². The molecule has 2 heteroatoms. The van der Waals surface area contributed by atoms with Gasteiger partial charge in [0.1, 0.15) is 0 Å². The minimum Gasteiger partial charge on any atom is -0.493 e. The molecule has 1 aromatic heterocycles. The quantitative estimate of drug-likeness (QED) is 0.639. The summed E-state index contributed by atoms with van der Waals surface area (Å²) in [6.45, 7) is 2.02. The van der Waals surface area contributed by atoms with E-state index in [1.807, 2.05) is 31.2 Å². The summed E-state index contributed by atoms with van der Waals surface area (Å²) < 4.78 is 0. The van der Waals surface area contributed by atoms with Gasteiger partial charge in [0, 0.05) is 11.6 Å². The topological polar surface area (TPSA) is 33.1 Å². The van der Waals surface area contributed by atoms with Gasteiger partial charge in [-0.1, -0.05) is 17.7 Å². The van der Waals surface area contributed by atoms with Crippen LogP contribution in [-0.4, -0.2) is 10.1 Å². The highest BCUT2D eigenvalue weighted by Crippen LogP contribution is 2.21. The van der Waals surface area contributed by atoms with E-state index in [9.17, 15) is 5.11 Å². The molecule has 1 heterocycles. The first kappa shape index (κ1) is 7.10. The van der Waals surface area contributed by atoms with Gasteiger partial charge in [0.05, 0.1) is 0 Å². The number of hydrogen-bond acceptors (Lipinski definition) is 2. The van der Waals surface area contributed by atoms with Crippen LogP contribution in [0.3, 0.4) is 0 Å². The Hall–Kier alpha value is -1.57. The fraction of sp³-hybridized carbons (Fsp3) is 0.100. The first-order chi connectivity index (χ1) is 5.77. The predicted octanol–water partition coefficient (Wildman–Crippen LogP) is 2.25. The van der Waals surface area contributed by atoms with Crippen molar-refractivity contribution in [1.82, 2.24) is 4.98 Å². The highest BCUT2D eigenvalue weighted by atomic mass is 16.3. The number of rotatable bonds is 0. The first-order valence-corrected chi connectivity index (χ1v) is 3.82. The number of fused-ring (bicyclic) bond motifs is 1. The number of hydrogen-bond donors (Lipinski definition) is 1. The number of aromatic hydroxyl groups is 1. The molecule has 0 radical (unpaired) electrons. The Balaban J connectivity index is 2.86. The molecule has 0 spiro atoms. The Bertz CT molecular complexity index is 423. The molecule has 0 saturated heterocycles. The SMILES string of the molecule is Cc1ccc2c(O)nccc2c1. The summed E-state index contributed by atoms with van der Waals surface area (Å²) in [5, 5.41) is 11.2. The third-order valence-corrected chi connectivity index (χ3v) is 1.90. The molecule has 60 valence electrons. The van der Waals surface area contributed by atoms with Gasteiger partial charge in [0.2, 0.25) is 5.88 Å². The molecule has 0 aliphatic rings. The van der Waals surface area contributed by atoms with Crippen LogP contribution in [0.2, 0.25) is 0 Å². The van der Waals surface area contributed by atoms with Crippen molar-refractivity contribution in [3.05, 3.63) is 36.0 Å². The molecule has 0 atom stereocenters. The van der Waals surface area contributed by atoms with Crippen molar-refractivity contribution < 1.29 is 5.11 Å². The van der Waals surface area contributed by atoms with E-state index >= 15 is 0 Å². The molecule has 0 amide bonds. The molecule has 2 rings (SSSR count). The fourth-order valence-electron chi connectivity index (χ4n) is 1.28. The standard InChI is InChI=1S/C10H9NO/c1-7-2-3-9-8(6-7)4-5-11-10(9)12/h2-6H,1H3,(H,11,12). The van der Waals surface area contributed by atoms with Crippen LogP contribution in [0.1, 0.15) is 5.56 Å². The normalized spacial score (nSPS) is 10.4. The van der Waals surface area contributed by atoms with Crippen LogP contribution in [0, 0.1) is 6.92 Å². The van der Waals surface area contributed by atoms with E-state index in [-0.39, 0.29) is 5.88 Å². The lowest BCUT2D eigenvalue weighted by atomic mass is 10.1. The van der Waals surface area contributed by atoms with E-state index in [2.05, 4.69) is 4.98 Å². The molecule has 0 bridgehead atoms. The van der Waals surface area contributed by atoms with Crippen molar-refractivity contribution in [2.45, 2.75) is 6.92 Å². The molecule has 0 fully saturated rings. The lowest BCUT2D eigenvalue weighted by Crippen LogP contribution is -1.78. The van der Waals surface area contributed by atoms with E-state index in [4.69, 9.17) is 0 Å². The van der Waals surface area contributed by atoms with E-state index in [0.717, 1.165) is 10.8 Å². The number of aromatic nitrogens is 1. The maximum Gasteiger partial charge on any atom is 0.218 e. The van der Waals surface area contributed by atoms with Crippen molar-refractivity contribution in [3.63, 3.8) is 0 Å². The van der Waals surface area contributed by atoms with E-state index < -0.39 is 0 Å². The van der Waals surface area contributed by atoms with Crippen molar-refractivity contribution in [3.8, 4) is 5.88 Å². The molecule has 0 saturated carbocycles. The maximum absolute atomic E-state index is 9.35. The molecular weight excluding hydrogens is 150 g/mol. The second kappa shape index (κ2) is 2.48. The van der Waals surface area contributed by atoms with Gasteiger partial charge in [0.25, 0.3) is 0 Å². The maximum atomic E-state index is 9.35. The van der Waals surface area contributed by atoms with Gasteiger partial charge in [-0.3, -0.25) is 0 Å². The van der Waals surface area contributed by atoms with Gasteiger partial charge < -0.3 is 5.11 Å². The highest BCUT2D eigenvalue weighted by Gasteiger charge is 1.98. The molecule has 0 aliphatic carbocycles. The van der Waals surface area contributed by atoms with Crippen molar-refractivity contribution in [2.75, 3.05) is 0 Å². The number of benzene rings is 1. The second-order valence-electron chi connectivity index (χ2n) is 2.86. The minimum atomic E-state index is 0.104. The highest BCUT2D eigenvalue weighted by molar-refractivity contribution is 5.86. The summed E-state index contributed by atoms with van der Waals surface area (Å²) in [4.78, 5) is 3.79. The lowest BCUT2D eigenvalue weighted by molar-refractivity contribution is 0.460. The third kappa shape index (κ3) is 1.01. The average Bonchev–Trinajstić information content (AvgIpc) is 2.04. The third-order valence-electron chi connectivity index (χ3n) is 1.90. The van der Waals surface area contributed by atoms with E-state index in [0.29, 0.717) is 0 Å². The summed E-state index contributed by atoms with van der Waals surface area (Å²) in [5.74, 6) is 0.104. The first-order valence-electron chi connectivity index (χ1n) is 3.82. The fourth-order valence-corrected chi connectivity index (χ4v) is 1.28. The Morgan fingerprint density at radius 3 is 2.92 bits per heavy atom. The van der Waals surface area contributed by atoms with Gasteiger partial charge in [-0.2, -0.15) is 0 Å². The van der Waals surface area contributed by atoms with E-state index in [1.54, 1.807) is 6.20 Å². The Labute approximate surface area is 70.5 Å². The Kier molecular flexibility index (Phi) is 1.47. The van der Waals surface area contributed by atoms with Crippen LogP contribution < -0.4 is 0 Å². The largest absolute Gasteiger partial charge is 0.493 e. The van der Waals surface area contributed by atoms with Crippen LogP contribution in [0.15, 0.2) is 30.5 Å². The summed E-state index contributed by atoms with van der Waals surface area (Å²) in [6, 6.07) is 7.76. The molecule has 2 nitrogen and oxygen atoms in total. The summed E-state index contributed by atoms with van der Waals surface area (Å²) in [7, 11) is 0. The molecule has 0 unspecified atom stereocenters. The van der Waals surface area contributed by atoms with Crippen molar-refractivity contribution in [2.24, 2.45) is 0 Å². The smallest absolute Gasteiger partial charge is 0.218 e. The zero-order chi connectivity index (χ0) is 8.55. The Morgan fingerprint density at radius 1 is 1.25 bits per heavy atom. The van der Waals surface area contributed by atoms with Crippen LogP contribution in [0.4, 0.5) is 0 Å².